The Morgan fingerprint density at radius 3 is 2.68 bits per heavy atom. The molecule has 0 N–H and O–H groups in total. The van der Waals surface area contributed by atoms with Gasteiger partial charge in [0.2, 0.25) is 5.95 Å². The Morgan fingerprint density at radius 1 is 1.18 bits per heavy atom. The van der Waals surface area contributed by atoms with Crippen molar-refractivity contribution >= 4 is 11.8 Å². The van der Waals surface area contributed by atoms with Crippen LogP contribution < -0.4 is 14.7 Å². The van der Waals surface area contributed by atoms with E-state index in [1.807, 2.05) is 13.8 Å². The Labute approximate surface area is 163 Å². The normalized spacial score (nSPS) is 24.4. The van der Waals surface area contributed by atoms with Crippen molar-refractivity contribution in [1.29, 1.82) is 0 Å². The van der Waals surface area contributed by atoms with E-state index in [9.17, 15) is 4.39 Å². The average Bonchev–Trinajstić information content (AvgIpc) is 3.16. The molecule has 148 valence electrons. The molecule has 1 unspecified atom stereocenters. The minimum atomic E-state index is -0.434. The molecular formula is C20H23FN4O3. The Balaban J connectivity index is 1.60. The fourth-order valence-electron chi connectivity index (χ4n) is 3.58. The van der Waals surface area contributed by atoms with Gasteiger partial charge in [-0.1, -0.05) is 0 Å². The zero-order chi connectivity index (χ0) is 19.7. The first kappa shape index (κ1) is 18.5. The maximum atomic E-state index is 14.6. The number of halogens is 1. The predicted octanol–water partition coefficient (Wildman–Crippen LogP) is 3.24. The van der Waals surface area contributed by atoms with Gasteiger partial charge in [-0.05, 0) is 32.1 Å². The van der Waals surface area contributed by atoms with Gasteiger partial charge in [-0.25, -0.2) is 9.37 Å². The van der Waals surface area contributed by atoms with Gasteiger partial charge in [0, 0.05) is 37.0 Å². The van der Waals surface area contributed by atoms with Crippen LogP contribution in [-0.2, 0) is 9.57 Å². The summed E-state index contributed by atoms with van der Waals surface area (Å²) in [6.07, 6.45) is 5.20. The quantitative estimate of drug-likeness (QED) is 0.799. The van der Waals surface area contributed by atoms with Crippen molar-refractivity contribution in [2.75, 3.05) is 30.2 Å². The number of benzene rings is 1. The van der Waals surface area contributed by atoms with Crippen LogP contribution in [0.3, 0.4) is 0 Å². The van der Waals surface area contributed by atoms with Crippen LogP contribution in [0, 0.1) is 5.82 Å². The van der Waals surface area contributed by atoms with E-state index >= 15 is 0 Å². The molecule has 0 saturated carbocycles. The molecular weight excluding hydrogens is 363 g/mol. The van der Waals surface area contributed by atoms with Crippen LogP contribution in [0.2, 0.25) is 0 Å². The summed E-state index contributed by atoms with van der Waals surface area (Å²) in [6, 6.07) is 6.10. The number of morpholine rings is 1. The summed E-state index contributed by atoms with van der Waals surface area (Å²) in [5, 5.41) is 1.57. The lowest BCUT2D eigenvalue weighted by Crippen LogP contribution is -2.46. The third kappa shape index (κ3) is 3.60. The van der Waals surface area contributed by atoms with Gasteiger partial charge in [-0.3, -0.25) is 0 Å². The van der Waals surface area contributed by atoms with E-state index < -0.39 is 6.04 Å². The van der Waals surface area contributed by atoms with Crippen molar-refractivity contribution in [1.82, 2.24) is 9.97 Å². The molecule has 1 aromatic heterocycles. The average molecular weight is 386 g/mol. The lowest BCUT2D eigenvalue weighted by Gasteiger charge is -2.35. The molecule has 1 saturated heterocycles. The molecule has 3 atom stereocenters. The maximum absolute atomic E-state index is 14.6. The van der Waals surface area contributed by atoms with E-state index in [4.69, 9.17) is 14.3 Å². The third-order valence-electron chi connectivity index (χ3n) is 4.77. The molecule has 28 heavy (non-hydrogen) atoms. The monoisotopic (exact) mass is 386 g/mol. The zero-order valence-corrected chi connectivity index (χ0v) is 16.1. The van der Waals surface area contributed by atoms with Crippen molar-refractivity contribution in [2.45, 2.75) is 32.1 Å². The summed E-state index contributed by atoms with van der Waals surface area (Å²) in [5.74, 6) is 1.26. The fourth-order valence-corrected chi connectivity index (χ4v) is 3.58. The summed E-state index contributed by atoms with van der Waals surface area (Å²) < 4.78 is 25.4. The summed E-state index contributed by atoms with van der Waals surface area (Å²) in [4.78, 5) is 16.8. The molecule has 1 aromatic carbocycles. The van der Waals surface area contributed by atoms with Gasteiger partial charge in [0.15, 0.2) is 5.82 Å². The highest BCUT2D eigenvalue weighted by Gasteiger charge is 2.30. The van der Waals surface area contributed by atoms with Gasteiger partial charge in [0.25, 0.3) is 0 Å². The van der Waals surface area contributed by atoms with Crippen LogP contribution in [0.1, 0.15) is 25.5 Å². The molecule has 0 radical (unpaired) electrons. The second kappa shape index (κ2) is 7.63. The van der Waals surface area contributed by atoms with Crippen LogP contribution in [0.15, 0.2) is 42.8 Å². The zero-order valence-electron chi connectivity index (χ0n) is 16.1. The lowest BCUT2D eigenvalue weighted by molar-refractivity contribution is -0.00572. The van der Waals surface area contributed by atoms with E-state index in [-0.39, 0.29) is 18.0 Å². The summed E-state index contributed by atoms with van der Waals surface area (Å²) in [6.45, 7) is 5.48. The Kier molecular flexibility index (Phi) is 5.04. The Morgan fingerprint density at radius 2 is 1.96 bits per heavy atom. The number of rotatable bonds is 4. The highest BCUT2D eigenvalue weighted by molar-refractivity contribution is 5.48. The van der Waals surface area contributed by atoms with Gasteiger partial charge in [0.05, 0.1) is 19.3 Å². The minimum absolute atomic E-state index is 0.0989. The number of anilines is 2. The van der Waals surface area contributed by atoms with Crippen molar-refractivity contribution in [3.8, 4) is 5.75 Å². The number of hydroxylamine groups is 1. The first-order chi connectivity index (χ1) is 13.5. The van der Waals surface area contributed by atoms with Crippen molar-refractivity contribution in [3.63, 3.8) is 0 Å². The fraction of sp³-hybridized carbons (Fsp3) is 0.400. The summed E-state index contributed by atoms with van der Waals surface area (Å²) in [5.41, 5.74) is 0.475. The number of aromatic nitrogens is 2. The molecule has 2 aromatic rings. The van der Waals surface area contributed by atoms with E-state index in [1.165, 1.54) is 19.4 Å². The molecule has 7 nitrogen and oxygen atoms in total. The molecule has 0 aliphatic carbocycles. The second-order valence-electron chi connectivity index (χ2n) is 6.97. The molecule has 3 heterocycles. The van der Waals surface area contributed by atoms with Crippen LogP contribution in [0.5, 0.6) is 5.75 Å². The Bertz CT molecular complexity index is 868. The minimum Gasteiger partial charge on any atom is -0.497 e. The van der Waals surface area contributed by atoms with E-state index in [2.05, 4.69) is 14.9 Å². The predicted molar refractivity (Wildman–Crippen MR) is 103 cm³/mol. The van der Waals surface area contributed by atoms with Crippen LogP contribution >= 0.6 is 0 Å². The summed E-state index contributed by atoms with van der Waals surface area (Å²) in [7, 11) is 1.51. The van der Waals surface area contributed by atoms with Gasteiger partial charge in [-0.15, -0.1) is 0 Å². The number of ether oxygens (including phenoxy) is 2. The van der Waals surface area contributed by atoms with Crippen molar-refractivity contribution in [2.24, 2.45) is 0 Å². The standard InChI is InChI=1S/C20H23FN4O3/c1-13-11-24(12-14(2)28-13)20-22-8-6-19(23-20)25-18(7-9-27-25)16-5-4-15(26-3)10-17(16)21/h4-10,13-14,18H,11-12H2,1-3H3/t13-,14+,18?. The number of methoxy groups -OCH3 is 1. The van der Waals surface area contributed by atoms with Crippen LogP contribution in [-0.4, -0.2) is 42.4 Å². The first-order valence-corrected chi connectivity index (χ1v) is 9.24. The SMILES string of the molecule is COc1ccc(C2C=CON2c2ccnc(N3C[C@@H](C)O[C@@H](C)C3)n2)c(F)c1. The van der Waals surface area contributed by atoms with Crippen LogP contribution in [0.25, 0.3) is 0 Å². The molecule has 0 bridgehead atoms. The number of hydrogen-bond acceptors (Lipinski definition) is 7. The van der Waals surface area contributed by atoms with E-state index in [0.29, 0.717) is 36.2 Å². The third-order valence-corrected chi connectivity index (χ3v) is 4.77. The molecule has 0 spiro atoms. The highest BCUT2D eigenvalue weighted by atomic mass is 19.1. The topological polar surface area (TPSA) is 60.0 Å². The van der Waals surface area contributed by atoms with Gasteiger partial charge >= 0.3 is 0 Å². The molecule has 4 rings (SSSR count). The maximum Gasteiger partial charge on any atom is 0.227 e. The largest absolute Gasteiger partial charge is 0.497 e. The first-order valence-electron chi connectivity index (χ1n) is 9.24. The van der Waals surface area contributed by atoms with Crippen LogP contribution in [0.4, 0.5) is 16.2 Å². The summed E-state index contributed by atoms with van der Waals surface area (Å²) >= 11 is 0. The van der Waals surface area contributed by atoms with E-state index in [0.717, 1.165) is 0 Å². The molecule has 1 fully saturated rings. The molecule has 0 amide bonds. The van der Waals surface area contributed by atoms with E-state index in [1.54, 1.807) is 35.5 Å². The van der Waals surface area contributed by atoms with Gasteiger partial charge < -0.3 is 19.2 Å². The van der Waals surface area contributed by atoms with Crippen molar-refractivity contribution in [3.05, 3.63) is 54.2 Å². The smallest absolute Gasteiger partial charge is 0.227 e. The molecule has 2 aliphatic heterocycles. The lowest BCUT2D eigenvalue weighted by atomic mass is 10.1. The van der Waals surface area contributed by atoms with Gasteiger partial charge in [-0.2, -0.15) is 10.0 Å². The number of nitrogens with zero attached hydrogens (tertiary/aromatic N) is 4. The Hall–Kier alpha value is -2.87. The van der Waals surface area contributed by atoms with Crippen molar-refractivity contribution < 1.29 is 18.7 Å². The van der Waals surface area contributed by atoms with Gasteiger partial charge in [0.1, 0.15) is 23.9 Å². The number of hydrogen-bond donors (Lipinski definition) is 0. The molecule has 2 aliphatic rings. The second-order valence-corrected chi connectivity index (χ2v) is 6.97. The molecule has 8 heteroatoms. The highest BCUT2D eigenvalue weighted by Crippen LogP contribution is 2.34.